The molecule has 2 aliphatic rings. The van der Waals surface area contributed by atoms with E-state index in [1.54, 1.807) is 0 Å². The molecule has 0 aromatic heterocycles. The van der Waals surface area contributed by atoms with Crippen LogP contribution < -0.4 is 10.1 Å². The minimum Gasteiger partial charge on any atom is -0.493 e. The van der Waals surface area contributed by atoms with Crippen molar-refractivity contribution in [1.29, 1.82) is 0 Å². The number of halogens is 1. The fourth-order valence-electron chi connectivity index (χ4n) is 2.52. The molecule has 18 heavy (non-hydrogen) atoms. The smallest absolute Gasteiger partial charge is 0.125 e. The molecule has 1 fully saturated rings. The van der Waals surface area contributed by atoms with Crippen molar-refractivity contribution in [3.63, 3.8) is 0 Å². The number of benzene rings is 1. The monoisotopic (exact) mass is 309 g/mol. The maximum absolute atomic E-state index is 5.84. The van der Waals surface area contributed by atoms with Crippen LogP contribution in [-0.2, 0) is 0 Å². The van der Waals surface area contributed by atoms with Crippen LogP contribution in [0.15, 0.2) is 22.7 Å². The van der Waals surface area contributed by atoms with Crippen molar-refractivity contribution in [1.82, 2.24) is 5.32 Å². The van der Waals surface area contributed by atoms with Gasteiger partial charge in [-0.3, -0.25) is 0 Å². The zero-order valence-electron chi connectivity index (χ0n) is 10.8. The highest BCUT2D eigenvalue weighted by molar-refractivity contribution is 9.10. The lowest BCUT2D eigenvalue weighted by atomic mass is 10.0. The summed E-state index contributed by atoms with van der Waals surface area (Å²) >= 11 is 3.52. The molecule has 1 aliphatic carbocycles. The lowest BCUT2D eigenvalue weighted by molar-refractivity contribution is 0.314. The van der Waals surface area contributed by atoms with E-state index in [-0.39, 0.29) is 0 Å². The minimum atomic E-state index is 0.452. The van der Waals surface area contributed by atoms with Crippen LogP contribution in [0.1, 0.15) is 44.2 Å². The lowest BCUT2D eigenvalue weighted by Crippen LogP contribution is -2.26. The maximum Gasteiger partial charge on any atom is 0.125 e. The Hall–Kier alpha value is -0.540. The van der Waals surface area contributed by atoms with Gasteiger partial charge in [0.15, 0.2) is 0 Å². The van der Waals surface area contributed by atoms with Crippen LogP contribution in [0.5, 0.6) is 5.75 Å². The highest BCUT2D eigenvalue weighted by atomic mass is 79.9. The molecule has 3 rings (SSSR count). The molecule has 1 heterocycles. The van der Waals surface area contributed by atoms with Crippen molar-refractivity contribution < 1.29 is 4.74 Å². The molecule has 3 heteroatoms. The predicted octanol–water partition coefficient (Wildman–Crippen LogP) is 4.05. The topological polar surface area (TPSA) is 21.3 Å². The Labute approximate surface area is 117 Å². The highest BCUT2D eigenvalue weighted by Gasteiger charge is 2.37. The molecule has 2 nitrogen and oxygen atoms in total. The average molecular weight is 310 g/mol. The van der Waals surface area contributed by atoms with Gasteiger partial charge in [0.1, 0.15) is 5.75 Å². The minimum absolute atomic E-state index is 0.452. The summed E-state index contributed by atoms with van der Waals surface area (Å²) in [5.41, 5.74) is 1.88. The molecule has 0 radical (unpaired) electrons. The Balaban J connectivity index is 1.77. The van der Waals surface area contributed by atoms with Gasteiger partial charge in [0.25, 0.3) is 0 Å². The summed E-state index contributed by atoms with van der Waals surface area (Å²) in [4.78, 5) is 0. The van der Waals surface area contributed by atoms with E-state index in [1.165, 1.54) is 24.8 Å². The predicted molar refractivity (Wildman–Crippen MR) is 77.0 cm³/mol. The number of rotatable bonds is 3. The van der Waals surface area contributed by atoms with Crippen molar-refractivity contribution in [3.8, 4) is 5.75 Å². The van der Waals surface area contributed by atoms with Crippen molar-refractivity contribution in [3.05, 3.63) is 28.2 Å². The van der Waals surface area contributed by atoms with Gasteiger partial charge in [-0.1, -0.05) is 28.9 Å². The maximum atomic E-state index is 5.84. The van der Waals surface area contributed by atoms with E-state index in [9.17, 15) is 0 Å². The van der Waals surface area contributed by atoms with Crippen LogP contribution >= 0.6 is 15.9 Å². The first-order valence-electron chi connectivity index (χ1n) is 6.82. The van der Waals surface area contributed by atoms with Gasteiger partial charge in [-0.15, -0.1) is 0 Å². The van der Waals surface area contributed by atoms with Gasteiger partial charge < -0.3 is 10.1 Å². The van der Waals surface area contributed by atoms with E-state index in [0.717, 1.165) is 29.8 Å². The summed E-state index contributed by atoms with van der Waals surface area (Å²) < 4.78 is 6.93. The van der Waals surface area contributed by atoms with Crippen LogP contribution in [0, 0.1) is 5.41 Å². The quantitative estimate of drug-likeness (QED) is 0.909. The standard InChI is InChI=1S/C15H20BrNO/c1-15(6-7-15)10-17-13-3-2-8-18-14-9-11(16)4-5-12(13)14/h4-5,9,13,17H,2-3,6-8,10H2,1H3. The van der Waals surface area contributed by atoms with Crippen LogP contribution in [-0.4, -0.2) is 13.2 Å². The third-order valence-electron chi connectivity index (χ3n) is 4.12. The second-order valence-corrected chi connectivity index (χ2v) is 6.83. The summed E-state index contributed by atoms with van der Waals surface area (Å²) in [6.45, 7) is 4.34. The van der Waals surface area contributed by atoms with Crippen LogP contribution in [0.4, 0.5) is 0 Å². The second kappa shape index (κ2) is 4.86. The highest BCUT2D eigenvalue weighted by Crippen LogP contribution is 2.45. The van der Waals surface area contributed by atoms with E-state index in [1.807, 2.05) is 0 Å². The lowest BCUT2D eigenvalue weighted by Gasteiger charge is -2.20. The zero-order chi connectivity index (χ0) is 12.6. The third kappa shape index (κ3) is 2.72. The summed E-state index contributed by atoms with van der Waals surface area (Å²) in [6, 6.07) is 6.85. The van der Waals surface area contributed by atoms with Crippen molar-refractivity contribution in [2.45, 2.75) is 38.6 Å². The molecule has 98 valence electrons. The summed E-state index contributed by atoms with van der Waals surface area (Å²) in [5.74, 6) is 1.04. The Morgan fingerprint density at radius 1 is 1.44 bits per heavy atom. The molecule has 1 aromatic carbocycles. The van der Waals surface area contributed by atoms with Gasteiger partial charge in [-0.2, -0.15) is 0 Å². The molecule has 0 amide bonds. The van der Waals surface area contributed by atoms with Crippen molar-refractivity contribution in [2.24, 2.45) is 5.41 Å². The Kier molecular flexibility index (Phi) is 3.37. The normalized spacial score (nSPS) is 24.9. The first-order valence-corrected chi connectivity index (χ1v) is 7.61. The zero-order valence-corrected chi connectivity index (χ0v) is 12.4. The van der Waals surface area contributed by atoms with Crippen molar-refractivity contribution >= 4 is 15.9 Å². The molecule has 0 spiro atoms. The van der Waals surface area contributed by atoms with Gasteiger partial charge in [0, 0.05) is 22.6 Å². The Morgan fingerprint density at radius 2 is 2.28 bits per heavy atom. The first-order chi connectivity index (χ1) is 8.66. The van der Waals surface area contributed by atoms with E-state index >= 15 is 0 Å². The van der Waals surface area contributed by atoms with Gasteiger partial charge in [0.2, 0.25) is 0 Å². The van der Waals surface area contributed by atoms with Crippen LogP contribution in [0.25, 0.3) is 0 Å². The molecule has 1 aliphatic heterocycles. The second-order valence-electron chi connectivity index (χ2n) is 5.92. The molecule has 0 saturated heterocycles. The van der Waals surface area contributed by atoms with Gasteiger partial charge in [0.05, 0.1) is 6.61 Å². The third-order valence-corrected chi connectivity index (χ3v) is 4.62. The summed E-state index contributed by atoms with van der Waals surface area (Å²) in [7, 11) is 0. The molecule has 1 unspecified atom stereocenters. The summed E-state index contributed by atoms with van der Waals surface area (Å²) in [5, 5.41) is 3.74. The molecule has 0 bridgehead atoms. The summed E-state index contributed by atoms with van der Waals surface area (Å²) in [6.07, 6.45) is 5.04. The number of nitrogens with one attached hydrogen (secondary N) is 1. The fourth-order valence-corrected chi connectivity index (χ4v) is 2.86. The molecular formula is C15H20BrNO. The van der Waals surface area contributed by atoms with E-state index in [0.29, 0.717) is 11.5 Å². The van der Waals surface area contributed by atoms with Crippen LogP contribution in [0.2, 0.25) is 0 Å². The van der Waals surface area contributed by atoms with E-state index in [4.69, 9.17) is 4.74 Å². The first kappa shape index (κ1) is 12.5. The number of fused-ring (bicyclic) bond motifs is 1. The van der Waals surface area contributed by atoms with Gasteiger partial charge in [-0.25, -0.2) is 0 Å². The number of ether oxygens (including phenoxy) is 1. The average Bonchev–Trinajstić information content (AvgIpc) is 3.10. The van der Waals surface area contributed by atoms with E-state index < -0.39 is 0 Å². The van der Waals surface area contributed by atoms with Gasteiger partial charge in [-0.05, 0) is 43.2 Å². The Bertz CT molecular complexity index is 442. The molecule has 1 aromatic rings. The molecule has 1 N–H and O–H groups in total. The number of hydrogen-bond acceptors (Lipinski definition) is 2. The van der Waals surface area contributed by atoms with Crippen molar-refractivity contribution in [2.75, 3.05) is 13.2 Å². The molecular weight excluding hydrogens is 290 g/mol. The van der Waals surface area contributed by atoms with Crippen LogP contribution in [0.3, 0.4) is 0 Å². The Morgan fingerprint density at radius 3 is 3.06 bits per heavy atom. The van der Waals surface area contributed by atoms with E-state index in [2.05, 4.69) is 46.4 Å². The fraction of sp³-hybridized carbons (Fsp3) is 0.600. The van der Waals surface area contributed by atoms with Gasteiger partial charge >= 0.3 is 0 Å². The number of hydrogen-bond donors (Lipinski definition) is 1. The molecule has 1 atom stereocenters. The largest absolute Gasteiger partial charge is 0.493 e. The SMILES string of the molecule is CC1(CNC2CCCOc3cc(Br)ccc32)CC1. The molecule has 1 saturated carbocycles.